The lowest BCUT2D eigenvalue weighted by atomic mass is 10.0. The number of pyridine rings is 1. The van der Waals surface area contributed by atoms with E-state index in [4.69, 9.17) is 11.6 Å². The molecule has 0 radical (unpaired) electrons. The Morgan fingerprint density at radius 3 is 2.33 bits per heavy atom. The van der Waals surface area contributed by atoms with Crippen LogP contribution in [0.3, 0.4) is 0 Å². The molecule has 3 rings (SSSR count). The highest BCUT2D eigenvalue weighted by atomic mass is 35.5. The molecule has 0 aliphatic rings. The molecule has 0 unspecified atom stereocenters. The summed E-state index contributed by atoms with van der Waals surface area (Å²) in [6, 6.07) is 6.17. The SMILES string of the molecule is FC(F)(F)Sc1ccc(Cc2c(Cl)cncc2-n2nccn2)cc1. The van der Waals surface area contributed by atoms with Gasteiger partial charge >= 0.3 is 5.51 Å². The summed E-state index contributed by atoms with van der Waals surface area (Å²) < 4.78 is 37.1. The van der Waals surface area contributed by atoms with Gasteiger partial charge < -0.3 is 0 Å². The molecule has 0 atom stereocenters. The molecule has 0 saturated heterocycles. The van der Waals surface area contributed by atoms with Crippen molar-refractivity contribution < 1.29 is 13.2 Å². The zero-order valence-corrected chi connectivity index (χ0v) is 13.6. The number of aromatic nitrogens is 4. The molecule has 4 nitrogen and oxygen atoms in total. The normalized spacial score (nSPS) is 11.7. The predicted molar refractivity (Wildman–Crippen MR) is 85.3 cm³/mol. The molecule has 1 aromatic carbocycles. The molecule has 9 heteroatoms. The summed E-state index contributed by atoms with van der Waals surface area (Å²) >= 11 is 6.09. The number of hydrogen-bond acceptors (Lipinski definition) is 4. The minimum atomic E-state index is -4.30. The van der Waals surface area contributed by atoms with E-state index in [0.29, 0.717) is 17.1 Å². The number of nitrogens with zero attached hydrogens (tertiary/aromatic N) is 4. The van der Waals surface area contributed by atoms with Crippen LogP contribution < -0.4 is 0 Å². The topological polar surface area (TPSA) is 43.6 Å². The molecular formula is C15H10ClF3N4S. The van der Waals surface area contributed by atoms with Crippen LogP contribution in [0.2, 0.25) is 5.02 Å². The second kappa shape index (κ2) is 6.82. The molecule has 0 spiro atoms. The zero-order valence-electron chi connectivity index (χ0n) is 12.0. The monoisotopic (exact) mass is 370 g/mol. The first kappa shape index (κ1) is 16.8. The molecule has 2 heterocycles. The van der Waals surface area contributed by atoms with Gasteiger partial charge in [-0.3, -0.25) is 4.98 Å². The Balaban J connectivity index is 1.87. The Bertz CT molecular complexity index is 820. The lowest BCUT2D eigenvalue weighted by Gasteiger charge is -2.11. The maximum atomic E-state index is 12.4. The summed E-state index contributed by atoms with van der Waals surface area (Å²) in [5, 5.41) is 8.57. The van der Waals surface area contributed by atoms with Crippen LogP contribution in [0.25, 0.3) is 5.69 Å². The number of alkyl halides is 3. The van der Waals surface area contributed by atoms with Crippen molar-refractivity contribution in [1.82, 2.24) is 20.0 Å². The van der Waals surface area contributed by atoms with E-state index in [1.165, 1.54) is 35.5 Å². The van der Waals surface area contributed by atoms with E-state index in [0.717, 1.165) is 11.1 Å². The highest BCUT2D eigenvalue weighted by Crippen LogP contribution is 2.37. The highest BCUT2D eigenvalue weighted by molar-refractivity contribution is 8.00. The molecule has 0 fully saturated rings. The molecule has 24 heavy (non-hydrogen) atoms. The van der Waals surface area contributed by atoms with Gasteiger partial charge in [-0.2, -0.15) is 23.4 Å². The van der Waals surface area contributed by atoms with Crippen molar-refractivity contribution in [2.24, 2.45) is 0 Å². The van der Waals surface area contributed by atoms with Gasteiger partial charge in [0.1, 0.15) is 5.69 Å². The van der Waals surface area contributed by atoms with E-state index < -0.39 is 5.51 Å². The molecule has 124 valence electrons. The highest BCUT2D eigenvalue weighted by Gasteiger charge is 2.29. The van der Waals surface area contributed by atoms with Crippen molar-refractivity contribution in [3.8, 4) is 5.69 Å². The van der Waals surface area contributed by atoms with E-state index in [9.17, 15) is 13.2 Å². The predicted octanol–water partition coefficient (Wildman–Crippen LogP) is 4.52. The molecule has 0 saturated carbocycles. The second-order valence-corrected chi connectivity index (χ2v) is 6.35. The lowest BCUT2D eigenvalue weighted by Crippen LogP contribution is -2.05. The Morgan fingerprint density at radius 2 is 1.71 bits per heavy atom. The van der Waals surface area contributed by atoms with Gasteiger partial charge in [-0.1, -0.05) is 23.7 Å². The average Bonchev–Trinajstić information content (AvgIpc) is 3.04. The summed E-state index contributed by atoms with van der Waals surface area (Å²) in [6.07, 6.45) is 6.60. The van der Waals surface area contributed by atoms with Gasteiger partial charge in [-0.25, -0.2) is 0 Å². The number of thioether (sulfide) groups is 1. The fourth-order valence-electron chi connectivity index (χ4n) is 2.15. The summed E-state index contributed by atoms with van der Waals surface area (Å²) in [5.74, 6) is 0. The molecular weight excluding hydrogens is 361 g/mol. The number of hydrogen-bond donors (Lipinski definition) is 0. The smallest absolute Gasteiger partial charge is 0.261 e. The third-order valence-corrected chi connectivity index (χ3v) is 4.22. The Hall–Kier alpha value is -2.06. The van der Waals surface area contributed by atoms with Crippen molar-refractivity contribution in [2.45, 2.75) is 16.8 Å². The standard InChI is InChI=1S/C15H10ClF3N4S/c16-13-8-20-9-14(23-21-5-6-22-23)12(13)7-10-1-3-11(4-2-10)24-15(17,18)19/h1-6,8-9H,7H2. The van der Waals surface area contributed by atoms with E-state index >= 15 is 0 Å². The summed E-state index contributed by atoms with van der Waals surface area (Å²) in [6.45, 7) is 0. The maximum absolute atomic E-state index is 12.4. The van der Waals surface area contributed by atoms with E-state index in [2.05, 4.69) is 15.2 Å². The molecule has 0 bridgehead atoms. The van der Waals surface area contributed by atoms with Crippen LogP contribution in [0.15, 0.2) is 53.9 Å². The average molecular weight is 371 g/mol. The fraction of sp³-hybridized carbons (Fsp3) is 0.133. The second-order valence-electron chi connectivity index (χ2n) is 4.81. The summed E-state index contributed by atoms with van der Waals surface area (Å²) in [5.41, 5.74) is -2.10. The van der Waals surface area contributed by atoms with Gasteiger partial charge in [-0.05, 0) is 29.5 Å². The molecule has 0 amide bonds. The van der Waals surface area contributed by atoms with Crippen LogP contribution in [-0.2, 0) is 6.42 Å². The van der Waals surface area contributed by atoms with Gasteiger partial charge in [0.05, 0.1) is 23.6 Å². The van der Waals surface area contributed by atoms with Gasteiger partial charge in [0.25, 0.3) is 0 Å². The molecule has 3 aromatic rings. The Labute approximate surface area is 144 Å². The molecule has 0 aliphatic heterocycles. The van der Waals surface area contributed by atoms with E-state index in [1.807, 2.05) is 0 Å². The molecule has 2 aromatic heterocycles. The zero-order chi connectivity index (χ0) is 17.2. The van der Waals surface area contributed by atoms with Crippen LogP contribution in [0.5, 0.6) is 0 Å². The lowest BCUT2D eigenvalue weighted by molar-refractivity contribution is -0.0328. The van der Waals surface area contributed by atoms with Crippen molar-refractivity contribution >= 4 is 23.4 Å². The van der Waals surface area contributed by atoms with E-state index in [1.54, 1.807) is 18.3 Å². The minimum Gasteiger partial charge on any atom is -0.261 e. The van der Waals surface area contributed by atoms with Crippen molar-refractivity contribution in [2.75, 3.05) is 0 Å². The minimum absolute atomic E-state index is 0.140. The number of benzene rings is 1. The van der Waals surface area contributed by atoms with Gasteiger partial charge in [-0.15, -0.1) is 4.80 Å². The van der Waals surface area contributed by atoms with E-state index in [-0.39, 0.29) is 16.7 Å². The largest absolute Gasteiger partial charge is 0.446 e. The Morgan fingerprint density at radius 1 is 1.04 bits per heavy atom. The van der Waals surface area contributed by atoms with Gasteiger partial charge in [0, 0.05) is 23.1 Å². The quantitative estimate of drug-likeness (QED) is 0.633. The van der Waals surface area contributed by atoms with Crippen LogP contribution >= 0.6 is 23.4 Å². The third-order valence-electron chi connectivity index (χ3n) is 3.15. The first-order chi connectivity index (χ1) is 11.4. The van der Waals surface area contributed by atoms with Gasteiger partial charge in [0.2, 0.25) is 0 Å². The van der Waals surface area contributed by atoms with Crippen molar-refractivity contribution in [3.05, 3.63) is 65.2 Å². The number of rotatable bonds is 4. The maximum Gasteiger partial charge on any atom is 0.446 e. The summed E-state index contributed by atoms with van der Waals surface area (Å²) in [7, 11) is 0. The third kappa shape index (κ3) is 4.07. The van der Waals surface area contributed by atoms with Crippen LogP contribution in [-0.4, -0.2) is 25.5 Å². The molecule has 0 aliphatic carbocycles. The van der Waals surface area contributed by atoms with Crippen molar-refractivity contribution in [1.29, 1.82) is 0 Å². The summed E-state index contributed by atoms with van der Waals surface area (Å²) in [4.78, 5) is 5.58. The first-order valence-electron chi connectivity index (χ1n) is 6.76. The van der Waals surface area contributed by atoms with Crippen LogP contribution in [0, 0.1) is 0 Å². The van der Waals surface area contributed by atoms with Crippen molar-refractivity contribution in [3.63, 3.8) is 0 Å². The molecule has 0 N–H and O–H groups in total. The van der Waals surface area contributed by atoms with Crippen LogP contribution in [0.4, 0.5) is 13.2 Å². The van der Waals surface area contributed by atoms with Crippen LogP contribution in [0.1, 0.15) is 11.1 Å². The fourth-order valence-corrected chi connectivity index (χ4v) is 2.91. The number of halogens is 4. The Kier molecular flexibility index (Phi) is 4.77. The first-order valence-corrected chi connectivity index (χ1v) is 7.95. The van der Waals surface area contributed by atoms with Gasteiger partial charge in [0.15, 0.2) is 0 Å².